The third-order valence-corrected chi connectivity index (χ3v) is 2.27. The monoisotopic (exact) mass is 194 g/mol. The van der Waals surface area contributed by atoms with Crippen molar-refractivity contribution in [2.45, 2.75) is 19.1 Å². The van der Waals surface area contributed by atoms with Gasteiger partial charge in [-0.05, 0) is 24.3 Å². The van der Waals surface area contributed by atoms with Crippen molar-refractivity contribution >= 4 is 6.16 Å². The zero-order valence-electron chi connectivity index (χ0n) is 7.69. The van der Waals surface area contributed by atoms with Gasteiger partial charge in [0.05, 0.1) is 0 Å². The molecule has 1 aromatic carbocycles. The first-order valence-corrected chi connectivity index (χ1v) is 4.38. The fourth-order valence-corrected chi connectivity index (χ4v) is 1.46. The van der Waals surface area contributed by atoms with Crippen LogP contribution in [-0.2, 0) is 15.3 Å². The molecule has 74 valence electrons. The molecule has 1 saturated heterocycles. The molecular formula is C10H10O4. The third-order valence-electron chi connectivity index (χ3n) is 2.27. The number of rotatable bonds is 2. The zero-order chi connectivity index (χ0) is 10.2. The second kappa shape index (κ2) is 2.90. The fraction of sp³-hybridized carbons (Fsp3) is 0.300. The van der Waals surface area contributed by atoms with Crippen molar-refractivity contribution in [1.29, 1.82) is 0 Å². The summed E-state index contributed by atoms with van der Waals surface area (Å²) in [6.07, 6.45) is -0.108. The molecule has 0 bridgehead atoms. The molecular weight excluding hydrogens is 184 g/mol. The highest BCUT2D eigenvalue weighted by molar-refractivity contribution is 5.66. The maximum atomic E-state index is 10.6. The lowest BCUT2D eigenvalue weighted by atomic mass is 10.0. The Balaban J connectivity index is 2.29. The van der Waals surface area contributed by atoms with Gasteiger partial charge in [0, 0.05) is 12.0 Å². The van der Waals surface area contributed by atoms with Crippen LogP contribution in [0.5, 0.6) is 5.75 Å². The largest absolute Gasteiger partial charge is 0.515 e. The summed E-state index contributed by atoms with van der Waals surface area (Å²) in [5.74, 6) is -0.768. The number of ether oxygens (including phenoxy) is 2. The predicted octanol–water partition coefficient (Wildman–Crippen LogP) is 2.12. The van der Waals surface area contributed by atoms with E-state index in [9.17, 15) is 4.79 Å². The molecule has 0 unspecified atom stereocenters. The molecule has 0 aromatic heterocycles. The molecule has 1 aliphatic rings. The minimum atomic E-state index is -0.940. The van der Waals surface area contributed by atoms with Crippen LogP contribution < -0.4 is 0 Å². The Morgan fingerprint density at radius 1 is 1.29 bits per heavy atom. The summed E-state index contributed by atoms with van der Waals surface area (Å²) in [6, 6.07) is 6.40. The molecule has 1 aromatic rings. The van der Waals surface area contributed by atoms with Crippen LogP contribution in [0, 0.1) is 0 Å². The van der Waals surface area contributed by atoms with Crippen molar-refractivity contribution in [3.05, 3.63) is 29.8 Å². The first kappa shape index (κ1) is 8.87. The lowest BCUT2D eigenvalue weighted by Crippen LogP contribution is -2.46. The molecule has 4 nitrogen and oxygen atoms in total. The Hall–Kier alpha value is -1.71. The van der Waals surface area contributed by atoms with Gasteiger partial charge < -0.3 is 14.6 Å². The van der Waals surface area contributed by atoms with E-state index in [2.05, 4.69) is 0 Å². The molecule has 2 rings (SSSR count). The number of aromatic hydroxyl groups is 1. The average Bonchev–Trinajstić information content (AvgIpc) is 2.14. The first-order chi connectivity index (χ1) is 6.66. The van der Waals surface area contributed by atoms with Crippen LogP contribution in [0.3, 0.4) is 0 Å². The van der Waals surface area contributed by atoms with Gasteiger partial charge in [-0.15, -0.1) is 0 Å². The molecule has 0 spiro atoms. The first-order valence-electron chi connectivity index (χ1n) is 4.38. The Morgan fingerprint density at radius 2 is 1.86 bits per heavy atom. The lowest BCUT2D eigenvalue weighted by Gasteiger charge is -2.38. The Morgan fingerprint density at radius 3 is 2.29 bits per heavy atom. The molecule has 0 radical (unpaired) electrons. The van der Waals surface area contributed by atoms with Crippen LogP contribution in [0.1, 0.15) is 18.9 Å². The van der Waals surface area contributed by atoms with Gasteiger partial charge in [0.15, 0.2) is 0 Å². The Labute approximate surface area is 81.1 Å². The summed E-state index contributed by atoms with van der Waals surface area (Å²) in [6.45, 7) is 1.86. The minimum Gasteiger partial charge on any atom is -0.508 e. The van der Waals surface area contributed by atoms with Gasteiger partial charge in [-0.25, -0.2) is 4.79 Å². The van der Waals surface area contributed by atoms with Crippen molar-refractivity contribution in [2.75, 3.05) is 0 Å². The molecule has 0 aliphatic carbocycles. The summed E-state index contributed by atoms with van der Waals surface area (Å²) in [7, 11) is 0. The number of phenols is 1. The molecule has 1 aliphatic heterocycles. The molecule has 1 N–H and O–H groups in total. The molecule has 1 heterocycles. The average molecular weight is 194 g/mol. The van der Waals surface area contributed by atoms with Crippen molar-refractivity contribution in [3.8, 4) is 5.75 Å². The number of benzene rings is 1. The normalized spacial score (nSPS) is 17.9. The maximum absolute atomic E-state index is 10.6. The molecule has 0 saturated carbocycles. The van der Waals surface area contributed by atoms with E-state index in [1.807, 2.05) is 6.92 Å². The highest BCUT2D eigenvalue weighted by atomic mass is 16.9. The van der Waals surface area contributed by atoms with Gasteiger partial charge >= 0.3 is 6.16 Å². The van der Waals surface area contributed by atoms with E-state index in [0.717, 1.165) is 5.56 Å². The van der Waals surface area contributed by atoms with Crippen LogP contribution in [-0.4, -0.2) is 11.3 Å². The van der Waals surface area contributed by atoms with Gasteiger partial charge in [-0.2, -0.15) is 0 Å². The van der Waals surface area contributed by atoms with Gasteiger partial charge in [0.1, 0.15) is 5.75 Å². The maximum Gasteiger partial charge on any atom is 0.515 e. The molecule has 4 heteroatoms. The highest BCUT2D eigenvalue weighted by Crippen LogP contribution is 2.39. The minimum absolute atomic E-state index is 0.172. The Kier molecular flexibility index (Phi) is 1.84. The van der Waals surface area contributed by atoms with Crippen LogP contribution in [0.15, 0.2) is 24.3 Å². The standard InChI is InChI=1S/C10H10O4/c1-2-10(13-9(12)14-10)7-3-5-8(11)6-4-7/h3-6,11H,2H2,1H3. The number of phenolic OH excluding ortho intramolecular Hbond substituents is 1. The van der Waals surface area contributed by atoms with Crippen LogP contribution in [0.4, 0.5) is 4.79 Å². The van der Waals surface area contributed by atoms with Gasteiger partial charge in [0.25, 0.3) is 5.79 Å². The molecule has 0 atom stereocenters. The number of carbonyl (C=O) groups excluding carboxylic acids is 1. The summed E-state index contributed by atoms with van der Waals surface area (Å²) >= 11 is 0. The van der Waals surface area contributed by atoms with Gasteiger partial charge in [0.2, 0.25) is 0 Å². The van der Waals surface area contributed by atoms with Gasteiger partial charge in [-0.1, -0.05) is 6.92 Å². The van der Waals surface area contributed by atoms with E-state index in [1.54, 1.807) is 12.1 Å². The van der Waals surface area contributed by atoms with Crippen molar-refractivity contribution in [2.24, 2.45) is 0 Å². The zero-order valence-corrected chi connectivity index (χ0v) is 7.69. The highest BCUT2D eigenvalue weighted by Gasteiger charge is 2.48. The summed E-state index contributed by atoms with van der Waals surface area (Å²) in [4.78, 5) is 10.6. The lowest BCUT2D eigenvalue weighted by molar-refractivity contribution is -0.282. The quantitative estimate of drug-likeness (QED) is 0.732. The molecule has 1 fully saturated rings. The van der Waals surface area contributed by atoms with E-state index in [0.29, 0.717) is 6.42 Å². The van der Waals surface area contributed by atoms with E-state index in [-0.39, 0.29) is 5.75 Å². The van der Waals surface area contributed by atoms with E-state index < -0.39 is 11.9 Å². The van der Waals surface area contributed by atoms with Crippen LogP contribution >= 0.6 is 0 Å². The third kappa shape index (κ3) is 1.19. The van der Waals surface area contributed by atoms with E-state index in [4.69, 9.17) is 14.6 Å². The predicted molar refractivity (Wildman–Crippen MR) is 47.6 cm³/mol. The van der Waals surface area contributed by atoms with Crippen LogP contribution in [0.25, 0.3) is 0 Å². The number of hydrogen-bond acceptors (Lipinski definition) is 4. The summed E-state index contributed by atoms with van der Waals surface area (Å²) in [5.41, 5.74) is 0.734. The van der Waals surface area contributed by atoms with E-state index in [1.165, 1.54) is 12.1 Å². The van der Waals surface area contributed by atoms with Crippen molar-refractivity contribution < 1.29 is 19.4 Å². The second-order valence-electron chi connectivity index (χ2n) is 3.11. The SMILES string of the molecule is CCC1(c2ccc(O)cc2)OC(=O)O1. The number of carbonyl (C=O) groups is 1. The van der Waals surface area contributed by atoms with Crippen molar-refractivity contribution in [3.63, 3.8) is 0 Å². The smallest absolute Gasteiger partial charge is 0.508 e. The summed E-state index contributed by atoms with van der Waals surface area (Å²) in [5, 5.41) is 9.09. The topological polar surface area (TPSA) is 55.8 Å². The Bertz CT molecular complexity index is 347. The second-order valence-corrected chi connectivity index (χ2v) is 3.11. The number of hydrogen-bond donors (Lipinski definition) is 1. The summed E-state index contributed by atoms with van der Waals surface area (Å²) < 4.78 is 9.92. The van der Waals surface area contributed by atoms with Crippen molar-refractivity contribution in [1.82, 2.24) is 0 Å². The van der Waals surface area contributed by atoms with E-state index >= 15 is 0 Å². The number of cyclic esters (lactones) is 2. The fourth-order valence-electron chi connectivity index (χ4n) is 1.46. The van der Waals surface area contributed by atoms with Crippen LogP contribution in [0.2, 0.25) is 0 Å². The van der Waals surface area contributed by atoms with Gasteiger partial charge in [-0.3, -0.25) is 0 Å². The molecule has 0 amide bonds. The molecule has 14 heavy (non-hydrogen) atoms.